The molecule has 0 radical (unpaired) electrons. The van der Waals surface area contributed by atoms with Crippen LogP contribution in [-0.2, 0) is 9.53 Å². The van der Waals surface area contributed by atoms with Gasteiger partial charge in [-0.15, -0.1) is 0 Å². The van der Waals surface area contributed by atoms with Gasteiger partial charge < -0.3 is 9.15 Å². The van der Waals surface area contributed by atoms with Gasteiger partial charge in [0, 0.05) is 16.5 Å². The fraction of sp³-hybridized carbons (Fsp3) is 0.125. The van der Waals surface area contributed by atoms with E-state index in [1.807, 2.05) is 0 Å². The van der Waals surface area contributed by atoms with Crippen LogP contribution >= 0.6 is 11.8 Å². The third kappa shape index (κ3) is 4.44. The van der Waals surface area contributed by atoms with Gasteiger partial charge in [-0.1, -0.05) is 23.9 Å². The summed E-state index contributed by atoms with van der Waals surface area (Å²) in [6.07, 6.45) is 1.27. The number of furan rings is 1. The molecule has 118 valence electrons. The molecular formula is C16H11F2NO3S. The number of hydrogen-bond acceptors (Lipinski definition) is 5. The first kappa shape index (κ1) is 16.8. The quantitative estimate of drug-likeness (QED) is 0.352. The van der Waals surface area contributed by atoms with E-state index in [-0.39, 0.29) is 5.57 Å². The Balaban J connectivity index is 2.20. The van der Waals surface area contributed by atoms with Gasteiger partial charge >= 0.3 is 5.97 Å². The maximum absolute atomic E-state index is 12.3. The van der Waals surface area contributed by atoms with Crippen LogP contribution in [0.1, 0.15) is 5.76 Å². The zero-order valence-electron chi connectivity index (χ0n) is 12.0. The molecule has 1 heterocycles. The molecule has 0 saturated carbocycles. The van der Waals surface area contributed by atoms with Gasteiger partial charge in [0.05, 0.1) is 7.11 Å². The number of benzene rings is 1. The molecule has 0 N–H and O–H groups in total. The first-order valence-corrected chi connectivity index (χ1v) is 7.26. The Kier molecular flexibility index (Phi) is 5.55. The third-order valence-electron chi connectivity index (χ3n) is 2.80. The second-order valence-electron chi connectivity index (χ2n) is 4.27. The van der Waals surface area contributed by atoms with Gasteiger partial charge in [0.25, 0.3) is 5.76 Å². The Labute approximate surface area is 135 Å². The Morgan fingerprint density at radius 3 is 2.57 bits per heavy atom. The zero-order valence-corrected chi connectivity index (χ0v) is 12.8. The number of ether oxygens (including phenoxy) is 1. The number of halogens is 2. The first-order valence-electron chi connectivity index (χ1n) is 6.38. The molecular weight excluding hydrogens is 324 g/mol. The van der Waals surface area contributed by atoms with Crippen molar-refractivity contribution in [3.05, 3.63) is 47.7 Å². The average Bonchev–Trinajstić information content (AvgIpc) is 3.00. The van der Waals surface area contributed by atoms with E-state index >= 15 is 0 Å². The summed E-state index contributed by atoms with van der Waals surface area (Å²) in [6, 6.07) is 11.4. The molecule has 0 amide bonds. The van der Waals surface area contributed by atoms with Crippen LogP contribution in [0.2, 0.25) is 0 Å². The molecule has 0 bridgehead atoms. The van der Waals surface area contributed by atoms with Crippen molar-refractivity contribution < 1.29 is 22.7 Å². The predicted octanol–water partition coefficient (Wildman–Crippen LogP) is 4.34. The largest absolute Gasteiger partial charge is 0.465 e. The monoisotopic (exact) mass is 335 g/mol. The van der Waals surface area contributed by atoms with Gasteiger partial charge in [-0.3, -0.25) is 0 Å². The lowest BCUT2D eigenvalue weighted by atomic mass is 10.2. The van der Waals surface area contributed by atoms with E-state index in [1.165, 1.54) is 13.2 Å². The van der Waals surface area contributed by atoms with Crippen molar-refractivity contribution in [3.63, 3.8) is 0 Å². The van der Waals surface area contributed by atoms with Crippen molar-refractivity contribution in [2.24, 2.45) is 0 Å². The van der Waals surface area contributed by atoms with Crippen molar-refractivity contribution in [1.82, 2.24) is 0 Å². The van der Waals surface area contributed by atoms with Gasteiger partial charge in [0.2, 0.25) is 0 Å². The number of hydrogen-bond donors (Lipinski definition) is 0. The minimum absolute atomic E-state index is 0.183. The summed E-state index contributed by atoms with van der Waals surface area (Å²) in [5.74, 6) is -2.41. The van der Waals surface area contributed by atoms with E-state index in [4.69, 9.17) is 9.68 Å². The van der Waals surface area contributed by atoms with E-state index in [9.17, 15) is 13.6 Å². The van der Waals surface area contributed by atoms with E-state index in [0.717, 1.165) is 0 Å². The minimum Gasteiger partial charge on any atom is -0.465 e. The number of carbonyl (C=O) groups is 1. The number of esters is 1. The summed E-state index contributed by atoms with van der Waals surface area (Å²) in [4.78, 5) is 11.8. The molecule has 0 atom stereocenters. The van der Waals surface area contributed by atoms with E-state index in [1.54, 1.807) is 42.5 Å². The van der Waals surface area contributed by atoms with Crippen molar-refractivity contribution in [2.75, 3.05) is 7.11 Å². The van der Waals surface area contributed by atoms with Crippen molar-refractivity contribution in [3.8, 4) is 17.4 Å². The Morgan fingerprint density at radius 2 is 2.00 bits per heavy atom. The minimum atomic E-state index is -2.47. The smallest absolute Gasteiger partial charge is 0.348 e. The summed E-state index contributed by atoms with van der Waals surface area (Å²) in [6.45, 7) is 0. The number of methoxy groups -OCH3 is 1. The lowest BCUT2D eigenvalue weighted by molar-refractivity contribution is -0.135. The van der Waals surface area contributed by atoms with Gasteiger partial charge in [-0.2, -0.15) is 14.0 Å². The highest BCUT2D eigenvalue weighted by Gasteiger charge is 2.11. The zero-order chi connectivity index (χ0) is 16.8. The number of thioether (sulfide) groups is 1. The lowest BCUT2D eigenvalue weighted by Crippen LogP contribution is -2.02. The maximum atomic E-state index is 12.3. The van der Waals surface area contributed by atoms with Crippen LogP contribution in [0.3, 0.4) is 0 Å². The van der Waals surface area contributed by atoms with Crippen LogP contribution in [-0.4, -0.2) is 18.8 Å². The van der Waals surface area contributed by atoms with Gasteiger partial charge in [0.1, 0.15) is 23.2 Å². The van der Waals surface area contributed by atoms with Crippen molar-refractivity contribution in [1.29, 1.82) is 5.26 Å². The highest BCUT2D eigenvalue weighted by Crippen LogP contribution is 2.29. The summed E-state index contributed by atoms with van der Waals surface area (Å²) in [5, 5.41) is 8.89. The molecule has 1 aromatic carbocycles. The fourth-order valence-electron chi connectivity index (χ4n) is 1.78. The average molecular weight is 335 g/mol. The Morgan fingerprint density at radius 1 is 1.30 bits per heavy atom. The van der Waals surface area contributed by atoms with E-state index < -0.39 is 11.7 Å². The molecule has 0 unspecified atom stereocenters. The first-order chi connectivity index (χ1) is 11.0. The summed E-state index contributed by atoms with van der Waals surface area (Å²) in [5.41, 5.74) is 0.511. The van der Waals surface area contributed by atoms with E-state index in [0.29, 0.717) is 33.7 Å². The number of alkyl halides is 2. The molecule has 0 saturated heterocycles. The standard InChI is InChI=1S/C16H11F2NO3S/c1-21-15(20)11(9-19)8-12-4-7-14(22-12)10-2-5-13(6-3-10)23-16(17)18/h2-8,16H,1H3. The predicted molar refractivity (Wildman–Crippen MR) is 81.6 cm³/mol. The molecule has 2 aromatic rings. The second kappa shape index (κ2) is 7.61. The normalized spacial score (nSPS) is 11.3. The Bertz CT molecular complexity index is 760. The molecule has 7 heteroatoms. The molecule has 1 aromatic heterocycles. The summed E-state index contributed by atoms with van der Waals surface area (Å²) in [7, 11) is 1.18. The van der Waals surface area contributed by atoms with Gasteiger partial charge in [-0.25, -0.2) is 4.79 Å². The highest BCUT2D eigenvalue weighted by molar-refractivity contribution is 7.99. The maximum Gasteiger partial charge on any atom is 0.348 e. The molecule has 0 aliphatic carbocycles. The highest BCUT2D eigenvalue weighted by atomic mass is 32.2. The van der Waals surface area contributed by atoms with Crippen LogP contribution in [0, 0.1) is 11.3 Å². The second-order valence-corrected chi connectivity index (χ2v) is 5.33. The molecule has 23 heavy (non-hydrogen) atoms. The van der Waals surface area contributed by atoms with Gasteiger partial charge in [-0.05, 0) is 24.3 Å². The number of rotatable bonds is 5. The Hall–Kier alpha value is -2.59. The number of nitriles is 1. The molecule has 2 rings (SSSR count). The van der Waals surface area contributed by atoms with Crippen molar-refractivity contribution in [2.45, 2.75) is 10.7 Å². The summed E-state index contributed by atoms with van der Waals surface area (Å²) < 4.78 is 34.5. The number of nitrogens with zero attached hydrogens (tertiary/aromatic N) is 1. The number of carbonyl (C=O) groups excluding carboxylic acids is 1. The molecule has 0 aliphatic heterocycles. The van der Waals surface area contributed by atoms with Gasteiger partial charge in [0.15, 0.2) is 0 Å². The fourth-order valence-corrected chi connectivity index (χ4v) is 2.27. The van der Waals surface area contributed by atoms with E-state index in [2.05, 4.69) is 4.74 Å². The molecule has 0 spiro atoms. The third-order valence-corrected chi connectivity index (χ3v) is 3.53. The van der Waals surface area contributed by atoms with Crippen LogP contribution in [0.4, 0.5) is 8.78 Å². The lowest BCUT2D eigenvalue weighted by Gasteiger charge is -2.01. The SMILES string of the molecule is COC(=O)C(C#N)=Cc1ccc(-c2ccc(SC(F)F)cc2)o1. The molecule has 4 nitrogen and oxygen atoms in total. The molecule has 0 aliphatic rings. The summed E-state index contributed by atoms with van der Waals surface area (Å²) >= 11 is 0.464. The van der Waals surface area contributed by atoms with Crippen LogP contribution in [0.25, 0.3) is 17.4 Å². The topological polar surface area (TPSA) is 63.2 Å². The van der Waals surface area contributed by atoms with Crippen LogP contribution < -0.4 is 0 Å². The van der Waals surface area contributed by atoms with Crippen LogP contribution in [0.5, 0.6) is 0 Å². The molecule has 0 fully saturated rings. The van der Waals surface area contributed by atoms with Crippen molar-refractivity contribution >= 4 is 23.8 Å². The van der Waals surface area contributed by atoms with Crippen LogP contribution in [0.15, 0.2) is 51.3 Å².